The summed E-state index contributed by atoms with van der Waals surface area (Å²) in [5, 5.41) is 0.755. The summed E-state index contributed by atoms with van der Waals surface area (Å²) < 4.78 is 26.0. The van der Waals surface area contributed by atoms with Crippen molar-refractivity contribution in [2.75, 3.05) is 17.3 Å². The molecule has 0 spiro atoms. The Morgan fingerprint density at radius 2 is 1.81 bits per heavy atom. The lowest BCUT2D eigenvalue weighted by molar-refractivity contribution is -0.130. The van der Waals surface area contributed by atoms with E-state index in [4.69, 9.17) is 0 Å². The molecule has 1 aliphatic rings. The Balaban J connectivity index is 1.48. The molecule has 1 amide bonds. The first-order valence-corrected chi connectivity index (χ1v) is 13.0. The summed E-state index contributed by atoms with van der Waals surface area (Å²) in [6.07, 6.45) is 2.31. The summed E-state index contributed by atoms with van der Waals surface area (Å²) in [7, 11) is -1.15. The number of benzene rings is 2. The predicted molar refractivity (Wildman–Crippen MR) is 123 cm³/mol. The van der Waals surface area contributed by atoms with Gasteiger partial charge in [0.25, 0.3) is 0 Å². The van der Waals surface area contributed by atoms with Crippen LogP contribution in [0.1, 0.15) is 12.0 Å². The fourth-order valence-electron chi connectivity index (χ4n) is 3.84. The Hall–Kier alpha value is -2.58. The van der Waals surface area contributed by atoms with E-state index in [1.165, 1.54) is 11.8 Å². The van der Waals surface area contributed by atoms with Crippen LogP contribution in [0.2, 0.25) is 0 Å². The molecule has 1 saturated heterocycles. The fourth-order valence-corrected chi connectivity index (χ4v) is 6.40. The molecule has 0 bridgehead atoms. The Labute approximate surface area is 187 Å². The van der Waals surface area contributed by atoms with Gasteiger partial charge in [0.05, 0.1) is 29.1 Å². The number of amides is 1. The third kappa shape index (κ3) is 5.19. The zero-order valence-corrected chi connectivity index (χ0v) is 19.0. The van der Waals surface area contributed by atoms with Gasteiger partial charge in [0.1, 0.15) is 0 Å². The standard InChI is InChI=1S/C23H25N3O3S2/c1-25-21(19-10-6-3-7-11-19)14-24-23(25)30-16-22(27)26(15-18-8-4-2-5-9-18)20-12-13-31(28,29)17-20/h2-11,14,20H,12-13,15-17H2,1H3/t20-/m0/s1. The van der Waals surface area contributed by atoms with Gasteiger partial charge >= 0.3 is 0 Å². The van der Waals surface area contributed by atoms with E-state index in [-0.39, 0.29) is 29.2 Å². The number of rotatable bonds is 7. The number of hydrogen-bond donors (Lipinski definition) is 0. The van der Waals surface area contributed by atoms with Crippen molar-refractivity contribution < 1.29 is 13.2 Å². The van der Waals surface area contributed by atoms with E-state index >= 15 is 0 Å². The van der Waals surface area contributed by atoms with Gasteiger partial charge in [-0.15, -0.1) is 0 Å². The first-order chi connectivity index (χ1) is 14.9. The van der Waals surface area contributed by atoms with E-state index in [0.29, 0.717) is 13.0 Å². The van der Waals surface area contributed by atoms with Gasteiger partial charge in [-0.1, -0.05) is 72.4 Å². The first kappa shape index (κ1) is 21.6. The summed E-state index contributed by atoms with van der Waals surface area (Å²) in [4.78, 5) is 19.4. The average molecular weight is 456 g/mol. The zero-order chi connectivity index (χ0) is 21.8. The van der Waals surface area contributed by atoms with E-state index in [0.717, 1.165) is 22.0 Å². The van der Waals surface area contributed by atoms with Crippen molar-refractivity contribution in [1.29, 1.82) is 0 Å². The van der Waals surface area contributed by atoms with Crippen LogP contribution in [0.15, 0.2) is 72.0 Å². The highest BCUT2D eigenvalue weighted by molar-refractivity contribution is 7.99. The van der Waals surface area contributed by atoms with Crippen molar-refractivity contribution in [3.8, 4) is 11.3 Å². The van der Waals surface area contributed by atoms with Crippen LogP contribution in [-0.4, -0.2) is 52.1 Å². The summed E-state index contributed by atoms with van der Waals surface area (Å²) in [6, 6.07) is 19.4. The van der Waals surface area contributed by atoms with E-state index < -0.39 is 9.84 Å². The van der Waals surface area contributed by atoms with Gasteiger partial charge in [-0.25, -0.2) is 13.4 Å². The molecule has 1 atom stereocenters. The van der Waals surface area contributed by atoms with Crippen molar-refractivity contribution in [1.82, 2.24) is 14.5 Å². The van der Waals surface area contributed by atoms with Gasteiger partial charge in [-0.3, -0.25) is 4.79 Å². The molecule has 0 unspecified atom stereocenters. The molecular formula is C23H25N3O3S2. The van der Waals surface area contributed by atoms with Crippen molar-refractivity contribution in [3.05, 3.63) is 72.4 Å². The van der Waals surface area contributed by atoms with Gasteiger partial charge in [-0.05, 0) is 17.5 Å². The maximum absolute atomic E-state index is 13.2. The highest BCUT2D eigenvalue weighted by atomic mass is 32.2. The number of aromatic nitrogens is 2. The summed E-state index contributed by atoms with van der Waals surface area (Å²) in [6.45, 7) is 0.413. The molecule has 3 aromatic rings. The first-order valence-electron chi connectivity index (χ1n) is 10.2. The Morgan fingerprint density at radius 1 is 1.13 bits per heavy atom. The van der Waals surface area contributed by atoms with Crippen LogP contribution in [-0.2, 0) is 28.2 Å². The maximum atomic E-state index is 13.2. The Bertz CT molecular complexity index is 1150. The highest BCUT2D eigenvalue weighted by Gasteiger charge is 2.34. The van der Waals surface area contributed by atoms with E-state index in [9.17, 15) is 13.2 Å². The lowest BCUT2D eigenvalue weighted by atomic mass is 10.1. The molecule has 0 radical (unpaired) electrons. The van der Waals surface area contributed by atoms with E-state index in [1.54, 1.807) is 4.90 Å². The van der Waals surface area contributed by atoms with Crippen LogP contribution < -0.4 is 0 Å². The molecule has 0 saturated carbocycles. The van der Waals surface area contributed by atoms with Crippen LogP contribution in [0.25, 0.3) is 11.3 Å². The summed E-state index contributed by atoms with van der Waals surface area (Å²) in [5.74, 6) is 0.322. The second-order valence-corrected chi connectivity index (χ2v) is 10.9. The predicted octanol–water partition coefficient (Wildman–Crippen LogP) is 3.40. The molecule has 1 aromatic heterocycles. The number of carbonyl (C=O) groups excluding carboxylic acids is 1. The second kappa shape index (κ2) is 9.28. The summed E-state index contributed by atoms with van der Waals surface area (Å²) >= 11 is 1.38. The fraction of sp³-hybridized carbons (Fsp3) is 0.304. The molecule has 0 N–H and O–H groups in total. The zero-order valence-electron chi connectivity index (χ0n) is 17.3. The van der Waals surface area contributed by atoms with Gasteiger partial charge in [0.15, 0.2) is 15.0 Å². The molecule has 162 valence electrons. The third-order valence-corrected chi connectivity index (χ3v) is 8.28. The molecule has 2 heterocycles. The molecular weight excluding hydrogens is 430 g/mol. The second-order valence-electron chi connectivity index (χ2n) is 7.70. The molecule has 4 rings (SSSR count). The Morgan fingerprint density at radius 3 is 2.45 bits per heavy atom. The molecule has 31 heavy (non-hydrogen) atoms. The van der Waals surface area contributed by atoms with Crippen molar-refractivity contribution in [2.24, 2.45) is 7.05 Å². The number of hydrogen-bond acceptors (Lipinski definition) is 5. The van der Waals surface area contributed by atoms with Gasteiger partial charge in [-0.2, -0.15) is 0 Å². The van der Waals surface area contributed by atoms with Crippen molar-refractivity contribution in [3.63, 3.8) is 0 Å². The average Bonchev–Trinajstić information content (AvgIpc) is 3.33. The van der Waals surface area contributed by atoms with Gasteiger partial charge in [0.2, 0.25) is 5.91 Å². The van der Waals surface area contributed by atoms with Crippen LogP contribution in [0, 0.1) is 0 Å². The largest absolute Gasteiger partial charge is 0.334 e. The minimum Gasteiger partial charge on any atom is -0.334 e. The minimum absolute atomic E-state index is 0.0385. The molecule has 1 fully saturated rings. The molecule has 1 aliphatic heterocycles. The molecule has 6 nitrogen and oxygen atoms in total. The lowest BCUT2D eigenvalue weighted by Gasteiger charge is -2.28. The summed E-state index contributed by atoms with van der Waals surface area (Å²) in [5.41, 5.74) is 3.05. The van der Waals surface area contributed by atoms with Crippen molar-refractivity contribution in [2.45, 2.75) is 24.2 Å². The molecule has 8 heteroatoms. The van der Waals surface area contributed by atoms with E-state index in [1.807, 2.05) is 78.5 Å². The minimum atomic E-state index is -3.08. The van der Waals surface area contributed by atoms with Crippen LogP contribution >= 0.6 is 11.8 Å². The normalized spacial score (nSPS) is 17.5. The number of imidazole rings is 1. The lowest BCUT2D eigenvalue weighted by Crippen LogP contribution is -2.41. The highest BCUT2D eigenvalue weighted by Crippen LogP contribution is 2.26. The SMILES string of the molecule is Cn1c(-c2ccccc2)cnc1SCC(=O)N(Cc1ccccc1)[C@H]1CCS(=O)(=O)C1. The van der Waals surface area contributed by atoms with Crippen molar-refractivity contribution >= 4 is 27.5 Å². The molecule has 0 aliphatic carbocycles. The van der Waals surface area contributed by atoms with Gasteiger partial charge in [0, 0.05) is 19.6 Å². The number of sulfone groups is 1. The monoisotopic (exact) mass is 455 g/mol. The van der Waals surface area contributed by atoms with E-state index in [2.05, 4.69) is 4.98 Å². The van der Waals surface area contributed by atoms with Crippen LogP contribution in [0.3, 0.4) is 0 Å². The number of carbonyl (C=O) groups is 1. The maximum Gasteiger partial charge on any atom is 0.233 e. The topological polar surface area (TPSA) is 72.3 Å². The van der Waals surface area contributed by atoms with Gasteiger partial charge < -0.3 is 9.47 Å². The quantitative estimate of drug-likeness (QED) is 0.511. The third-order valence-electron chi connectivity index (χ3n) is 5.51. The molecule has 2 aromatic carbocycles. The smallest absolute Gasteiger partial charge is 0.233 e. The Kier molecular flexibility index (Phi) is 6.48. The number of nitrogens with zero attached hydrogens (tertiary/aromatic N) is 3. The van der Waals surface area contributed by atoms with Crippen LogP contribution in [0.4, 0.5) is 0 Å². The van der Waals surface area contributed by atoms with Crippen LogP contribution in [0.5, 0.6) is 0 Å². The number of thioether (sulfide) groups is 1.